The van der Waals surface area contributed by atoms with Gasteiger partial charge in [-0.25, -0.2) is 0 Å². The van der Waals surface area contributed by atoms with Gasteiger partial charge < -0.3 is 4.74 Å². The molecule has 2 nitrogen and oxygen atoms in total. The van der Waals surface area contributed by atoms with Crippen LogP contribution in [0.2, 0.25) is 0 Å². The van der Waals surface area contributed by atoms with Crippen molar-refractivity contribution in [3.63, 3.8) is 0 Å². The van der Waals surface area contributed by atoms with Crippen LogP contribution in [0.15, 0.2) is 24.3 Å². The summed E-state index contributed by atoms with van der Waals surface area (Å²) in [5.74, 6) is 2.64. The Kier molecular flexibility index (Phi) is 2.43. The minimum Gasteiger partial charge on any atom is -0.493 e. The van der Waals surface area contributed by atoms with E-state index in [1.165, 1.54) is 5.56 Å². The molecule has 2 heteroatoms. The maximum absolute atomic E-state index is 11.2. The molecule has 1 aromatic rings. The summed E-state index contributed by atoms with van der Waals surface area (Å²) < 4.78 is 5.71. The largest absolute Gasteiger partial charge is 0.493 e. The van der Waals surface area contributed by atoms with E-state index in [-0.39, 0.29) is 0 Å². The van der Waals surface area contributed by atoms with Crippen molar-refractivity contribution in [1.82, 2.24) is 0 Å². The summed E-state index contributed by atoms with van der Waals surface area (Å²) >= 11 is 0. The van der Waals surface area contributed by atoms with Crippen molar-refractivity contribution in [3.8, 4) is 5.75 Å². The Hall–Kier alpha value is -1.31. The third-order valence-corrected chi connectivity index (χ3v) is 3.89. The molecule has 1 aliphatic heterocycles. The van der Waals surface area contributed by atoms with Gasteiger partial charge in [0.05, 0.1) is 6.61 Å². The summed E-state index contributed by atoms with van der Waals surface area (Å²) in [6.07, 6.45) is 3.62. The van der Waals surface area contributed by atoms with Crippen LogP contribution in [0.25, 0.3) is 0 Å². The molecule has 0 radical (unpaired) electrons. The van der Waals surface area contributed by atoms with Gasteiger partial charge in [-0.1, -0.05) is 18.2 Å². The van der Waals surface area contributed by atoms with Crippen LogP contribution in [0.1, 0.15) is 37.2 Å². The number of carbonyl (C=O) groups is 1. The van der Waals surface area contributed by atoms with E-state index in [0.29, 0.717) is 17.6 Å². The van der Waals surface area contributed by atoms with Crippen LogP contribution < -0.4 is 4.74 Å². The normalized spacial score (nSPS) is 25.2. The van der Waals surface area contributed by atoms with E-state index in [1.54, 1.807) is 0 Å². The van der Waals surface area contributed by atoms with Crippen molar-refractivity contribution in [2.24, 2.45) is 5.92 Å². The highest BCUT2D eigenvalue weighted by Crippen LogP contribution is 2.42. The zero-order valence-electron chi connectivity index (χ0n) is 9.32. The summed E-state index contributed by atoms with van der Waals surface area (Å²) in [6, 6.07) is 8.31. The minimum absolute atomic E-state index is 0.434. The van der Waals surface area contributed by atoms with Crippen molar-refractivity contribution in [2.45, 2.75) is 31.6 Å². The fourth-order valence-corrected chi connectivity index (χ4v) is 2.94. The molecule has 0 spiro atoms. The number of hydrogen-bond donors (Lipinski definition) is 0. The van der Waals surface area contributed by atoms with E-state index in [2.05, 4.69) is 12.1 Å². The number of fused-ring (bicyclic) bond motifs is 1. The Bertz CT molecular complexity index is 401. The van der Waals surface area contributed by atoms with Crippen molar-refractivity contribution >= 4 is 5.78 Å². The molecule has 0 saturated heterocycles. The Morgan fingerprint density at radius 1 is 1.12 bits per heavy atom. The second-order valence-electron chi connectivity index (χ2n) is 4.83. The predicted molar refractivity (Wildman–Crippen MR) is 61.6 cm³/mol. The average Bonchev–Trinajstić information content (AvgIpc) is 2.74. The van der Waals surface area contributed by atoms with Gasteiger partial charge in [0.15, 0.2) is 0 Å². The third-order valence-electron chi connectivity index (χ3n) is 3.89. The fraction of sp³-hybridized carbons (Fsp3) is 0.500. The molecule has 0 amide bonds. The lowest BCUT2D eigenvalue weighted by Gasteiger charge is -2.25. The lowest BCUT2D eigenvalue weighted by atomic mass is 9.77. The first-order valence-electron chi connectivity index (χ1n) is 6.08. The van der Waals surface area contributed by atoms with Crippen LogP contribution in [0, 0.1) is 5.92 Å². The highest BCUT2D eigenvalue weighted by Gasteiger charge is 2.33. The highest BCUT2D eigenvalue weighted by atomic mass is 16.5. The summed E-state index contributed by atoms with van der Waals surface area (Å²) in [6.45, 7) is 0.804. The lowest BCUT2D eigenvalue weighted by Crippen LogP contribution is -2.21. The molecule has 3 rings (SSSR count). The molecule has 1 aliphatic carbocycles. The fourth-order valence-electron chi connectivity index (χ4n) is 2.94. The van der Waals surface area contributed by atoms with Gasteiger partial charge in [0.25, 0.3) is 0 Å². The zero-order chi connectivity index (χ0) is 11.0. The number of para-hydroxylation sites is 1. The van der Waals surface area contributed by atoms with Crippen LogP contribution in [-0.2, 0) is 4.79 Å². The first-order chi connectivity index (χ1) is 7.84. The van der Waals surface area contributed by atoms with Crippen LogP contribution in [0.5, 0.6) is 5.75 Å². The summed E-state index contributed by atoms with van der Waals surface area (Å²) in [7, 11) is 0. The van der Waals surface area contributed by atoms with E-state index in [4.69, 9.17) is 4.74 Å². The number of rotatable bonds is 1. The molecular formula is C14H16O2. The quantitative estimate of drug-likeness (QED) is 0.721. The molecule has 84 valence electrons. The molecule has 1 unspecified atom stereocenters. The first-order valence-corrected chi connectivity index (χ1v) is 6.08. The molecule has 1 atom stereocenters. The maximum Gasteiger partial charge on any atom is 0.132 e. The van der Waals surface area contributed by atoms with Gasteiger partial charge in [0.1, 0.15) is 11.5 Å². The number of Topliss-reactive ketones (excluding diaryl/α,β-unsaturated/α-hetero) is 1. The van der Waals surface area contributed by atoms with E-state index in [1.807, 2.05) is 12.1 Å². The second-order valence-corrected chi connectivity index (χ2v) is 4.83. The number of hydrogen-bond acceptors (Lipinski definition) is 2. The molecule has 16 heavy (non-hydrogen) atoms. The zero-order valence-corrected chi connectivity index (χ0v) is 9.32. The van der Waals surface area contributed by atoms with Gasteiger partial charge in [-0.2, -0.15) is 0 Å². The molecule has 1 heterocycles. The predicted octanol–water partition coefficient (Wildman–Crippen LogP) is 2.92. The van der Waals surface area contributed by atoms with Crippen molar-refractivity contribution in [1.29, 1.82) is 0 Å². The SMILES string of the molecule is O=C1CCC(C2COc3ccccc32)CC1. The lowest BCUT2D eigenvalue weighted by molar-refractivity contribution is -0.121. The smallest absolute Gasteiger partial charge is 0.132 e. The van der Waals surface area contributed by atoms with Gasteiger partial charge >= 0.3 is 0 Å². The van der Waals surface area contributed by atoms with Crippen molar-refractivity contribution in [3.05, 3.63) is 29.8 Å². The second kappa shape index (κ2) is 3.93. The van der Waals surface area contributed by atoms with Gasteiger partial charge in [-0.05, 0) is 24.8 Å². The Balaban J connectivity index is 1.80. The van der Waals surface area contributed by atoms with Gasteiger partial charge in [-0.15, -0.1) is 0 Å². The van der Waals surface area contributed by atoms with E-state index >= 15 is 0 Å². The standard InChI is InChI=1S/C14H16O2/c15-11-7-5-10(6-8-11)13-9-16-14-4-2-1-3-12(13)14/h1-4,10,13H,5-9H2. The van der Waals surface area contributed by atoms with Gasteiger partial charge in [0, 0.05) is 24.3 Å². The number of ketones is 1. The molecule has 0 N–H and O–H groups in total. The molecular weight excluding hydrogens is 200 g/mol. The summed E-state index contributed by atoms with van der Waals surface area (Å²) in [4.78, 5) is 11.2. The maximum atomic E-state index is 11.2. The van der Waals surface area contributed by atoms with Crippen LogP contribution in [0.4, 0.5) is 0 Å². The average molecular weight is 216 g/mol. The Labute approximate surface area is 95.6 Å². The van der Waals surface area contributed by atoms with E-state index < -0.39 is 0 Å². The van der Waals surface area contributed by atoms with Crippen LogP contribution in [0.3, 0.4) is 0 Å². The van der Waals surface area contributed by atoms with Gasteiger partial charge in [-0.3, -0.25) is 4.79 Å². The molecule has 0 aromatic heterocycles. The number of benzene rings is 1. The Morgan fingerprint density at radius 3 is 2.69 bits per heavy atom. The highest BCUT2D eigenvalue weighted by molar-refractivity contribution is 5.79. The monoisotopic (exact) mass is 216 g/mol. The van der Waals surface area contributed by atoms with E-state index in [9.17, 15) is 4.79 Å². The van der Waals surface area contributed by atoms with Gasteiger partial charge in [0.2, 0.25) is 0 Å². The van der Waals surface area contributed by atoms with Crippen LogP contribution in [-0.4, -0.2) is 12.4 Å². The topological polar surface area (TPSA) is 26.3 Å². The summed E-state index contributed by atoms with van der Waals surface area (Å²) in [5, 5.41) is 0. The molecule has 1 aromatic carbocycles. The van der Waals surface area contributed by atoms with Crippen molar-refractivity contribution < 1.29 is 9.53 Å². The number of carbonyl (C=O) groups excluding carboxylic acids is 1. The first kappa shape index (κ1) is 9.88. The minimum atomic E-state index is 0.434. The Morgan fingerprint density at radius 2 is 1.88 bits per heavy atom. The third kappa shape index (κ3) is 1.62. The molecule has 0 bridgehead atoms. The van der Waals surface area contributed by atoms with Crippen LogP contribution >= 0.6 is 0 Å². The molecule has 2 aliphatic rings. The van der Waals surface area contributed by atoms with E-state index in [0.717, 1.165) is 38.0 Å². The molecule has 1 fully saturated rings. The van der Waals surface area contributed by atoms with Crippen molar-refractivity contribution in [2.75, 3.05) is 6.61 Å². The molecule has 1 saturated carbocycles. The number of ether oxygens (including phenoxy) is 1. The summed E-state index contributed by atoms with van der Waals surface area (Å²) in [5.41, 5.74) is 1.35.